The normalized spacial score (nSPS) is 11.9. The van der Waals surface area contributed by atoms with E-state index in [-0.39, 0.29) is 5.97 Å². The molecule has 0 saturated carbocycles. The standard InChI is InChI=1S/C28H24N4O4/c1-35-27(33)21-10-4-8-19(13-21)25-15-23(29-31-25)17-6-3-7-18(12-17)24-16-26(32-30-24)20-9-5-11-22(14-20)28(34)36-2/h3-16,27,33H,1-2H3,(H,29,31)(H,30,32). The van der Waals surface area contributed by atoms with E-state index in [2.05, 4.69) is 20.4 Å². The predicted molar refractivity (Wildman–Crippen MR) is 136 cm³/mol. The third-order valence-electron chi connectivity index (χ3n) is 5.91. The molecular formula is C28H24N4O4. The van der Waals surface area contributed by atoms with Crippen molar-refractivity contribution in [2.24, 2.45) is 0 Å². The fourth-order valence-electron chi connectivity index (χ4n) is 4.00. The van der Waals surface area contributed by atoms with Gasteiger partial charge in [0.05, 0.1) is 35.4 Å². The fourth-order valence-corrected chi connectivity index (χ4v) is 4.00. The van der Waals surface area contributed by atoms with Gasteiger partial charge in [-0.25, -0.2) is 4.79 Å². The average molecular weight is 481 g/mol. The summed E-state index contributed by atoms with van der Waals surface area (Å²) in [6.45, 7) is 0. The first-order chi connectivity index (χ1) is 17.6. The highest BCUT2D eigenvalue weighted by molar-refractivity contribution is 5.91. The summed E-state index contributed by atoms with van der Waals surface area (Å²) >= 11 is 0. The lowest BCUT2D eigenvalue weighted by Gasteiger charge is -2.09. The molecule has 0 aliphatic carbocycles. The van der Waals surface area contributed by atoms with Crippen molar-refractivity contribution in [1.82, 2.24) is 20.4 Å². The highest BCUT2D eigenvalue weighted by atomic mass is 16.6. The molecule has 0 saturated heterocycles. The van der Waals surface area contributed by atoms with E-state index in [9.17, 15) is 9.90 Å². The first-order valence-corrected chi connectivity index (χ1v) is 11.3. The second-order valence-electron chi connectivity index (χ2n) is 8.20. The molecule has 0 spiro atoms. The van der Waals surface area contributed by atoms with Crippen molar-refractivity contribution in [3.05, 3.63) is 96.1 Å². The number of H-pyrrole nitrogens is 2. The summed E-state index contributed by atoms with van der Waals surface area (Å²) in [6, 6.07) is 26.6. The van der Waals surface area contributed by atoms with Gasteiger partial charge in [-0.05, 0) is 36.4 Å². The smallest absolute Gasteiger partial charge is 0.337 e. The fraction of sp³-hybridized carbons (Fsp3) is 0.107. The number of aromatic nitrogens is 4. The maximum Gasteiger partial charge on any atom is 0.337 e. The third kappa shape index (κ3) is 4.68. The lowest BCUT2D eigenvalue weighted by Crippen LogP contribution is -2.00. The van der Waals surface area contributed by atoms with Crippen molar-refractivity contribution in [2.45, 2.75) is 6.29 Å². The van der Waals surface area contributed by atoms with E-state index in [1.165, 1.54) is 14.2 Å². The molecule has 5 aromatic rings. The van der Waals surface area contributed by atoms with Crippen LogP contribution in [-0.4, -0.2) is 45.7 Å². The Morgan fingerprint density at radius 2 is 1.31 bits per heavy atom. The molecule has 2 heterocycles. The minimum atomic E-state index is -0.984. The van der Waals surface area contributed by atoms with Gasteiger partial charge in [0.15, 0.2) is 6.29 Å². The molecule has 3 N–H and O–H groups in total. The van der Waals surface area contributed by atoms with Gasteiger partial charge in [-0.1, -0.05) is 48.5 Å². The van der Waals surface area contributed by atoms with Gasteiger partial charge < -0.3 is 14.6 Å². The summed E-state index contributed by atoms with van der Waals surface area (Å²) in [5.74, 6) is -0.388. The van der Waals surface area contributed by atoms with Gasteiger partial charge in [0.2, 0.25) is 0 Å². The van der Waals surface area contributed by atoms with E-state index in [1.807, 2.05) is 60.7 Å². The number of methoxy groups -OCH3 is 2. The van der Waals surface area contributed by atoms with E-state index in [0.717, 1.165) is 45.0 Å². The second kappa shape index (κ2) is 9.99. The number of aliphatic hydroxyl groups is 1. The van der Waals surface area contributed by atoms with Gasteiger partial charge in [0, 0.05) is 34.9 Å². The third-order valence-corrected chi connectivity index (χ3v) is 5.91. The van der Waals surface area contributed by atoms with Gasteiger partial charge in [0.1, 0.15) is 0 Å². The molecule has 1 unspecified atom stereocenters. The molecule has 0 aliphatic heterocycles. The molecule has 0 radical (unpaired) electrons. The lowest BCUT2D eigenvalue weighted by molar-refractivity contribution is -0.0769. The Morgan fingerprint density at radius 1 is 0.750 bits per heavy atom. The molecule has 0 bridgehead atoms. The number of esters is 1. The number of nitrogens with one attached hydrogen (secondary N) is 2. The maximum absolute atomic E-state index is 11.9. The van der Waals surface area contributed by atoms with E-state index >= 15 is 0 Å². The quantitative estimate of drug-likeness (QED) is 0.217. The summed E-state index contributed by atoms with van der Waals surface area (Å²) in [6.07, 6.45) is -0.984. The summed E-state index contributed by atoms with van der Waals surface area (Å²) in [5, 5.41) is 25.1. The minimum absolute atomic E-state index is 0.388. The van der Waals surface area contributed by atoms with Crippen molar-refractivity contribution >= 4 is 5.97 Å². The summed E-state index contributed by atoms with van der Waals surface area (Å²) in [7, 11) is 2.82. The van der Waals surface area contributed by atoms with Gasteiger partial charge in [-0.3, -0.25) is 10.2 Å². The molecular weight excluding hydrogens is 456 g/mol. The topological polar surface area (TPSA) is 113 Å². The molecule has 36 heavy (non-hydrogen) atoms. The molecule has 0 fully saturated rings. The Hall–Kier alpha value is -4.53. The average Bonchev–Trinajstić information content (AvgIpc) is 3.63. The van der Waals surface area contributed by atoms with Crippen LogP contribution in [0.25, 0.3) is 45.0 Å². The van der Waals surface area contributed by atoms with Crippen LogP contribution in [-0.2, 0) is 9.47 Å². The second-order valence-corrected chi connectivity index (χ2v) is 8.20. The summed E-state index contributed by atoms with van der Waals surface area (Å²) in [5.41, 5.74) is 7.92. The van der Waals surface area contributed by atoms with Crippen molar-refractivity contribution in [3.8, 4) is 45.0 Å². The van der Waals surface area contributed by atoms with E-state index in [4.69, 9.17) is 9.47 Å². The number of benzene rings is 3. The van der Waals surface area contributed by atoms with Crippen molar-refractivity contribution < 1.29 is 19.4 Å². The molecule has 3 aromatic carbocycles. The van der Waals surface area contributed by atoms with Crippen molar-refractivity contribution in [1.29, 1.82) is 0 Å². The number of ether oxygens (including phenoxy) is 2. The largest absolute Gasteiger partial charge is 0.465 e. The summed E-state index contributed by atoms with van der Waals surface area (Å²) < 4.78 is 9.82. The summed E-state index contributed by atoms with van der Waals surface area (Å²) in [4.78, 5) is 11.9. The van der Waals surface area contributed by atoms with Crippen LogP contribution in [0.4, 0.5) is 0 Å². The molecule has 0 aliphatic rings. The molecule has 2 aromatic heterocycles. The predicted octanol–water partition coefficient (Wildman–Crippen LogP) is 5.22. The first kappa shape index (κ1) is 23.2. The Morgan fingerprint density at radius 3 is 1.92 bits per heavy atom. The van der Waals surface area contributed by atoms with Crippen LogP contribution in [0, 0.1) is 0 Å². The first-order valence-electron chi connectivity index (χ1n) is 11.3. The Balaban J connectivity index is 1.41. The van der Waals surface area contributed by atoms with Crippen LogP contribution >= 0.6 is 0 Å². The van der Waals surface area contributed by atoms with E-state index < -0.39 is 6.29 Å². The maximum atomic E-state index is 11.9. The number of nitrogens with zero attached hydrogens (tertiary/aromatic N) is 2. The van der Waals surface area contributed by atoms with Crippen molar-refractivity contribution in [2.75, 3.05) is 14.2 Å². The zero-order chi connectivity index (χ0) is 25.1. The van der Waals surface area contributed by atoms with Crippen LogP contribution in [0.15, 0.2) is 84.9 Å². The number of rotatable bonds is 7. The number of hydrogen-bond acceptors (Lipinski definition) is 6. The highest BCUT2D eigenvalue weighted by Gasteiger charge is 2.13. The minimum Gasteiger partial charge on any atom is -0.465 e. The Bertz CT molecular complexity index is 1520. The number of hydrogen-bond donors (Lipinski definition) is 3. The number of carbonyl (C=O) groups is 1. The monoisotopic (exact) mass is 480 g/mol. The van der Waals surface area contributed by atoms with Crippen LogP contribution in [0.2, 0.25) is 0 Å². The molecule has 8 heteroatoms. The van der Waals surface area contributed by atoms with Crippen LogP contribution < -0.4 is 0 Å². The Kier molecular flexibility index (Phi) is 6.44. The van der Waals surface area contributed by atoms with Crippen molar-refractivity contribution in [3.63, 3.8) is 0 Å². The van der Waals surface area contributed by atoms with E-state index in [0.29, 0.717) is 11.1 Å². The van der Waals surface area contributed by atoms with Gasteiger partial charge in [0.25, 0.3) is 0 Å². The van der Waals surface area contributed by atoms with Crippen LogP contribution in [0.1, 0.15) is 22.2 Å². The van der Waals surface area contributed by atoms with Crippen LogP contribution in [0.5, 0.6) is 0 Å². The molecule has 180 valence electrons. The van der Waals surface area contributed by atoms with Crippen LogP contribution in [0.3, 0.4) is 0 Å². The molecule has 8 nitrogen and oxygen atoms in total. The number of aromatic amines is 2. The molecule has 5 rings (SSSR count). The zero-order valence-electron chi connectivity index (χ0n) is 19.7. The highest BCUT2D eigenvalue weighted by Crippen LogP contribution is 2.30. The lowest BCUT2D eigenvalue weighted by atomic mass is 10.0. The molecule has 0 amide bonds. The zero-order valence-corrected chi connectivity index (χ0v) is 19.7. The number of aliphatic hydroxyl groups excluding tert-OH is 1. The Labute approximate surface area is 207 Å². The SMILES string of the molecule is COC(=O)c1cccc(-c2cc(-c3cccc(-c4cc(-c5cccc(C(O)OC)c5)n[nH]4)c3)[nH]n2)c1. The van der Waals surface area contributed by atoms with Gasteiger partial charge in [-0.15, -0.1) is 0 Å². The number of carbonyl (C=O) groups excluding carboxylic acids is 1. The molecule has 1 atom stereocenters. The van der Waals surface area contributed by atoms with Gasteiger partial charge >= 0.3 is 5.97 Å². The van der Waals surface area contributed by atoms with Gasteiger partial charge in [-0.2, -0.15) is 10.2 Å². The van der Waals surface area contributed by atoms with E-state index in [1.54, 1.807) is 24.3 Å².